The van der Waals surface area contributed by atoms with E-state index in [0.717, 1.165) is 43.5 Å². The van der Waals surface area contributed by atoms with Gasteiger partial charge in [-0.25, -0.2) is 13.4 Å². The van der Waals surface area contributed by atoms with Crippen LogP contribution >= 0.6 is 0 Å². The first kappa shape index (κ1) is 19.5. The maximum absolute atomic E-state index is 13.3. The van der Waals surface area contributed by atoms with Crippen LogP contribution in [0.15, 0.2) is 35.4 Å². The van der Waals surface area contributed by atoms with Gasteiger partial charge in [0.2, 0.25) is 11.9 Å². The van der Waals surface area contributed by atoms with Gasteiger partial charge in [-0.2, -0.15) is 4.98 Å². The standard InChI is InChI=1S/C22H26N4O3S/c1-3-30(28,29)16-9-7-15(8-10-16)24-21-23-13-17-19(25-21)26(18-6-4-5-14(18)2)20(27)22(17)11-12-22/h7-10,13-14,18H,3-6,11-12H2,1-2H3,(H,23,24,25). The van der Waals surface area contributed by atoms with Gasteiger partial charge in [-0.15, -0.1) is 0 Å². The number of nitrogens with zero attached hydrogens (tertiary/aromatic N) is 3. The summed E-state index contributed by atoms with van der Waals surface area (Å²) in [5, 5.41) is 3.16. The van der Waals surface area contributed by atoms with Crippen molar-refractivity contribution in [2.75, 3.05) is 16.0 Å². The third kappa shape index (κ3) is 2.92. The Labute approximate surface area is 176 Å². The monoisotopic (exact) mass is 426 g/mol. The summed E-state index contributed by atoms with van der Waals surface area (Å²) in [5.41, 5.74) is 1.27. The lowest BCUT2D eigenvalue weighted by Crippen LogP contribution is -2.42. The van der Waals surface area contributed by atoms with Crippen molar-refractivity contribution in [1.29, 1.82) is 0 Å². The number of hydrogen-bond acceptors (Lipinski definition) is 6. The number of carbonyl (C=O) groups excluding carboxylic acids is 1. The highest BCUT2D eigenvalue weighted by Gasteiger charge is 2.61. The van der Waals surface area contributed by atoms with Crippen molar-refractivity contribution in [2.24, 2.45) is 5.92 Å². The van der Waals surface area contributed by atoms with Gasteiger partial charge in [0.1, 0.15) is 5.82 Å². The van der Waals surface area contributed by atoms with Crippen LogP contribution in [-0.2, 0) is 20.0 Å². The molecule has 1 amide bonds. The molecule has 2 saturated carbocycles. The minimum absolute atomic E-state index is 0.0684. The van der Waals surface area contributed by atoms with Crippen LogP contribution < -0.4 is 10.2 Å². The summed E-state index contributed by atoms with van der Waals surface area (Å²) < 4.78 is 24.0. The molecule has 8 heteroatoms. The van der Waals surface area contributed by atoms with Crippen molar-refractivity contribution in [3.63, 3.8) is 0 Å². The fraction of sp³-hybridized carbons (Fsp3) is 0.500. The number of carbonyl (C=O) groups is 1. The van der Waals surface area contributed by atoms with E-state index in [-0.39, 0.29) is 17.7 Å². The third-order valence-corrected chi connectivity index (χ3v) is 8.64. The summed E-state index contributed by atoms with van der Waals surface area (Å²) in [7, 11) is -3.23. The quantitative estimate of drug-likeness (QED) is 0.786. The molecule has 1 aromatic heterocycles. The highest BCUT2D eigenvalue weighted by atomic mass is 32.2. The molecular formula is C22H26N4O3S. The fourth-order valence-electron chi connectivity index (χ4n) is 4.86. The number of rotatable bonds is 5. The van der Waals surface area contributed by atoms with Crippen molar-refractivity contribution < 1.29 is 13.2 Å². The maximum Gasteiger partial charge on any atom is 0.239 e. The predicted molar refractivity (Wildman–Crippen MR) is 115 cm³/mol. The van der Waals surface area contributed by atoms with Gasteiger partial charge in [-0.1, -0.05) is 20.3 Å². The van der Waals surface area contributed by atoms with Crippen LogP contribution in [-0.4, -0.2) is 36.1 Å². The van der Waals surface area contributed by atoms with Crippen LogP contribution in [0.25, 0.3) is 0 Å². The van der Waals surface area contributed by atoms with E-state index in [1.165, 1.54) is 0 Å². The van der Waals surface area contributed by atoms with Crippen molar-refractivity contribution in [2.45, 2.75) is 62.3 Å². The van der Waals surface area contributed by atoms with E-state index in [2.05, 4.69) is 17.2 Å². The highest BCUT2D eigenvalue weighted by molar-refractivity contribution is 7.91. The van der Waals surface area contributed by atoms with Crippen LogP contribution in [0.4, 0.5) is 17.5 Å². The van der Waals surface area contributed by atoms with Crippen molar-refractivity contribution in [3.05, 3.63) is 36.0 Å². The Morgan fingerprint density at radius 3 is 2.53 bits per heavy atom. The number of anilines is 3. The Kier molecular flexibility index (Phi) is 4.39. The molecular weight excluding hydrogens is 400 g/mol. The number of amides is 1. The molecule has 2 heterocycles. The molecule has 158 valence electrons. The summed E-state index contributed by atoms with van der Waals surface area (Å²) >= 11 is 0. The van der Waals surface area contributed by atoms with E-state index < -0.39 is 15.3 Å². The first-order valence-electron chi connectivity index (χ1n) is 10.7. The number of hydrogen-bond donors (Lipinski definition) is 1. The second kappa shape index (κ2) is 6.77. The molecule has 0 radical (unpaired) electrons. The molecule has 30 heavy (non-hydrogen) atoms. The van der Waals surface area contributed by atoms with Crippen molar-refractivity contribution >= 4 is 33.2 Å². The van der Waals surface area contributed by atoms with Crippen LogP contribution in [0, 0.1) is 5.92 Å². The Morgan fingerprint density at radius 1 is 1.20 bits per heavy atom. The van der Waals surface area contributed by atoms with Crippen LogP contribution in [0.2, 0.25) is 0 Å². The average Bonchev–Trinajstić information content (AvgIpc) is 3.39. The van der Waals surface area contributed by atoms with Gasteiger partial charge in [0.05, 0.1) is 16.1 Å². The second-order valence-electron chi connectivity index (χ2n) is 8.72. The number of nitrogens with one attached hydrogen (secondary N) is 1. The molecule has 7 nitrogen and oxygen atoms in total. The SMILES string of the molecule is CCS(=O)(=O)c1ccc(Nc2ncc3c(n2)N(C2CCCC2C)C(=O)C32CC2)cc1. The Morgan fingerprint density at radius 2 is 1.93 bits per heavy atom. The zero-order valence-corrected chi connectivity index (χ0v) is 18.1. The molecule has 2 aromatic rings. The van der Waals surface area contributed by atoms with Crippen LogP contribution in [0.1, 0.15) is 51.5 Å². The minimum Gasteiger partial charge on any atom is -0.324 e. The summed E-state index contributed by atoms with van der Waals surface area (Å²) in [6.07, 6.45) is 6.84. The Balaban J connectivity index is 1.45. The summed E-state index contributed by atoms with van der Waals surface area (Å²) in [6, 6.07) is 6.80. The van der Waals surface area contributed by atoms with Gasteiger partial charge in [-0.05, 0) is 55.9 Å². The summed E-state index contributed by atoms with van der Waals surface area (Å²) in [5.74, 6) is 1.89. The van der Waals surface area contributed by atoms with Gasteiger partial charge in [-0.3, -0.25) is 9.69 Å². The lowest BCUT2D eigenvalue weighted by atomic mass is 10.0. The molecule has 1 N–H and O–H groups in total. The number of sulfone groups is 1. The number of fused-ring (bicyclic) bond motifs is 2. The Bertz CT molecular complexity index is 1110. The third-order valence-electron chi connectivity index (χ3n) is 6.89. The van der Waals surface area contributed by atoms with E-state index in [1.54, 1.807) is 37.4 Å². The molecule has 2 unspecified atom stereocenters. The van der Waals surface area contributed by atoms with Gasteiger partial charge in [0.25, 0.3) is 0 Å². The highest BCUT2D eigenvalue weighted by Crippen LogP contribution is 2.58. The van der Waals surface area contributed by atoms with Crippen molar-refractivity contribution in [3.8, 4) is 0 Å². The molecule has 2 fully saturated rings. The van der Waals surface area contributed by atoms with Crippen molar-refractivity contribution in [1.82, 2.24) is 9.97 Å². The van der Waals surface area contributed by atoms with E-state index in [0.29, 0.717) is 22.4 Å². The van der Waals surface area contributed by atoms with Gasteiger partial charge < -0.3 is 5.32 Å². The number of benzene rings is 1. The average molecular weight is 427 g/mol. The second-order valence-corrected chi connectivity index (χ2v) is 11.0. The molecule has 0 saturated heterocycles. The summed E-state index contributed by atoms with van der Waals surface area (Å²) in [6.45, 7) is 3.85. The molecule has 5 rings (SSSR count). The molecule has 1 spiro atoms. The van der Waals surface area contributed by atoms with E-state index >= 15 is 0 Å². The Hall–Kier alpha value is -2.48. The number of aromatic nitrogens is 2. The topological polar surface area (TPSA) is 92.3 Å². The molecule has 0 bridgehead atoms. The van der Waals surface area contributed by atoms with Crippen LogP contribution in [0.3, 0.4) is 0 Å². The molecule has 2 aliphatic carbocycles. The first-order chi connectivity index (χ1) is 14.4. The van der Waals surface area contributed by atoms with Crippen LogP contribution in [0.5, 0.6) is 0 Å². The normalized spacial score (nSPS) is 24.3. The largest absolute Gasteiger partial charge is 0.324 e. The minimum atomic E-state index is -3.23. The lowest BCUT2D eigenvalue weighted by Gasteiger charge is -2.28. The molecule has 2 atom stereocenters. The van der Waals surface area contributed by atoms with Gasteiger partial charge in [0, 0.05) is 23.5 Å². The fourth-order valence-corrected chi connectivity index (χ4v) is 5.75. The van der Waals surface area contributed by atoms with E-state index in [4.69, 9.17) is 4.98 Å². The van der Waals surface area contributed by atoms with E-state index in [1.807, 2.05) is 4.90 Å². The van der Waals surface area contributed by atoms with Gasteiger partial charge >= 0.3 is 0 Å². The lowest BCUT2D eigenvalue weighted by molar-refractivity contribution is -0.120. The maximum atomic E-state index is 13.3. The van der Waals surface area contributed by atoms with E-state index in [9.17, 15) is 13.2 Å². The molecule has 1 aliphatic heterocycles. The molecule has 3 aliphatic rings. The first-order valence-corrected chi connectivity index (χ1v) is 12.3. The summed E-state index contributed by atoms with van der Waals surface area (Å²) in [4.78, 5) is 24.7. The van der Waals surface area contributed by atoms with Gasteiger partial charge in [0.15, 0.2) is 9.84 Å². The molecule has 1 aromatic carbocycles. The zero-order chi connectivity index (χ0) is 21.1. The predicted octanol–water partition coefficient (Wildman–Crippen LogP) is 3.58. The zero-order valence-electron chi connectivity index (χ0n) is 17.3. The smallest absolute Gasteiger partial charge is 0.239 e.